The molecule has 0 unspecified atom stereocenters. The largest absolute Gasteiger partial charge is 0.322 e. The van der Waals surface area contributed by atoms with E-state index in [0.29, 0.717) is 16.4 Å². The van der Waals surface area contributed by atoms with Crippen LogP contribution < -0.4 is 10.2 Å². The van der Waals surface area contributed by atoms with Crippen LogP contribution in [0.3, 0.4) is 0 Å². The summed E-state index contributed by atoms with van der Waals surface area (Å²) in [5, 5.41) is 3.34. The fraction of sp³-hybridized carbons (Fsp3) is 0.318. The fourth-order valence-electron chi connectivity index (χ4n) is 3.43. The van der Waals surface area contributed by atoms with Crippen molar-refractivity contribution >= 4 is 40.8 Å². The van der Waals surface area contributed by atoms with E-state index >= 15 is 0 Å². The molecule has 0 bridgehead atoms. The minimum Gasteiger partial charge on any atom is -0.314 e. The van der Waals surface area contributed by atoms with Gasteiger partial charge in [0.15, 0.2) is 0 Å². The number of hydrogen-bond acceptors (Lipinski definition) is 3. The van der Waals surface area contributed by atoms with Gasteiger partial charge < -0.3 is 15.1 Å². The van der Waals surface area contributed by atoms with Gasteiger partial charge in [0.25, 0.3) is 0 Å². The minimum absolute atomic E-state index is 0.00336. The lowest BCUT2D eigenvalue weighted by Gasteiger charge is -2.25. The lowest BCUT2D eigenvalue weighted by molar-refractivity contribution is -0.132. The Labute approximate surface area is 184 Å². The first kappa shape index (κ1) is 21.1. The van der Waals surface area contributed by atoms with Crippen LogP contribution in [-0.2, 0) is 9.59 Å². The van der Waals surface area contributed by atoms with E-state index in [4.69, 9.17) is 11.6 Å². The second kappa shape index (κ2) is 8.55. The van der Waals surface area contributed by atoms with E-state index in [2.05, 4.69) is 5.32 Å². The van der Waals surface area contributed by atoms with Gasteiger partial charge in [0.1, 0.15) is 25.6 Å². The minimum atomic E-state index is -0.399. The first-order valence-electron chi connectivity index (χ1n) is 9.99. The highest BCUT2D eigenvalue weighted by atomic mass is 35.5. The second-order valence-corrected chi connectivity index (χ2v) is 8.19. The number of carbonyl (C=O) groups excluding carboxylic acids is 3. The van der Waals surface area contributed by atoms with Crippen LogP contribution in [0.1, 0.15) is 18.4 Å². The summed E-state index contributed by atoms with van der Waals surface area (Å²) in [6.07, 6.45) is 1.66. The zero-order valence-corrected chi connectivity index (χ0v) is 17.7. The van der Waals surface area contributed by atoms with E-state index in [1.165, 1.54) is 39.0 Å². The first-order valence-corrected chi connectivity index (χ1v) is 10.4. The number of anilines is 2. The van der Waals surface area contributed by atoms with Crippen molar-refractivity contribution in [3.8, 4) is 0 Å². The maximum absolute atomic E-state index is 13.2. The Morgan fingerprint density at radius 1 is 1.19 bits per heavy atom. The molecule has 0 aromatic heterocycles. The number of urea groups is 1. The molecule has 162 valence electrons. The van der Waals surface area contributed by atoms with Crippen LogP contribution in [0.15, 0.2) is 42.5 Å². The molecule has 2 fully saturated rings. The van der Waals surface area contributed by atoms with E-state index in [0.717, 1.165) is 18.4 Å². The zero-order chi connectivity index (χ0) is 22.1. The van der Waals surface area contributed by atoms with Crippen molar-refractivity contribution in [1.29, 1.82) is 0 Å². The van der Waals surface area contributed by atoms with Crippen LogP contribution in [0, 0.1) is 12.7 Å². The van der Waals surface area contributed by atoms with Gasteiger partial charge >= 0.3 is 6.03 Å². The van der Waals surface area contributed by atoms with Crippen molar-refractivity contribution in [2.45, 2.75) is 25.8 Å². The van der Waals surface area contributed by atoms with E-state index in [9.17, 15) is 18.8 Å². The number of rotatable bonds is 5. The van der Waals surface area contributed by atoms with Crippen molar-refractivity contribution in [2.24, 2.45) is 0 Å². The second-order valence-electron chi connectivity index (χ2n) is 7.78. The summed E-state index contributed by atoms with van der Waals surface area (Å²) in [7, 11) is 0. The van der Waals surface area contributed by atoms with E-state index < -0.39 is 5.82 Å². The Balaban J connectivity index is 1.40. The Morgan fingerprint density at radius 2 is 1.90 bits per heavy atom. The average Bonchev–Trinajstić information content (AvgIpc) is 3.50. The Bertz CT molecular complexity index is 1030. The monoisotopic (exact) mass is 444 g/mol. The highest BCUT2D eigenvalue weighted by Crippen LogP contribution is 2.28. The van der Waals surface area contributed by atoms with Gasteiger partial charge in [0.2, 0.25) is 11.8 Å². The summed E-state index contributed by atoms with van der Waals surface area (Å²) >= 11 is 6.13. The summed E-state index contributed by atoms with van der Waals surface area (Å²) < 4.78 is 13.2. The lowest BCUT2D eigenvalue weighted by Crippen LogP contribution is -2.45. The quantitative estimate of drug-likeness (QED) is 0.765. The molecule has 1 aliphatic carbocycles. The number of nitrogens with one attached hydrogen (secondary N) is 1. The smallest absolute Gasteiger partial charge is 0.314 e. The molecule has 1 saturated carbocycles. The van der Waals surface area contributed by atoms with Crippen molar-refractivity contribution < 1.29 is 18.8 Å². The molecule has 4 amide bonds. The van der Waals surface area contributed by atoms with Crippen LogP contribution in [-0.4, -0.2) is 53.4 Å². The molecule has 0 atom stereocenters. The third kappa shape index (κ3) is 4.80. The number of hydrogen-bond donors (Lipinski definition) is 1. The topological polar surface area (TPSA) is 73.0 Å². The van der Waals surface area contributed by atoms with Crippen LogP contribution in [0.2, 0.25) is 5.02 Å². The lowest BCUT2D eigenvalue weighted by atomic mass is 10.2. The van der Waals surface area contributed by atoms with Gasteiger partial charge in [-0.1, -0.05) is 17.7 Å². The molecule has 1 saturated heterocycles. The van der Waals surface area contributed by atoms with Crippen molar-refractivity contribution in [3.05, 3.63) is 58.9 Å². The summed E-state index contributed by atoms with van der Waals surface area (Å²) in [4.78, 5) is 42.4. The van der Waals surface area contributed by atoms with Crippen LogP contribution >= 0.6 is 11.6 Å². The number of halogens is 2. The summed E-state index contributed by atoms with van der Waals surface area (Å²) in [5.41, 5.74) is 1.98. The van der Waals surface area contributed by atoms with Crippen LogP contribution in [0.4, 0.5) is 20.6 Å². The average molecular weight is 445 g/mol. The number of aryl methyl sites for hydroxylation is 1. The van der Waals surface area contributed by atoms with Gasteiger partial charge in [0.05, 0.1) is 0 Å². The molecule has 1 N–H and O–H groups in total. The van der Waals surface area contributed by atoms with Gasteiger partial charge in [0, 0.05) is 22.4 Å². The van der Waals surface area contributed by atoms with Gasteiger partial charge in [-0.2, -0.15) is 0 Å². The molecule has 1 aliphatic heterocycles. The van der Waals surface area contributed by atoms with Crippen molar-refractivity contribution in [3.63, 3.8) is 0 Å². The van der Waals surface area contributed by atoms with E-state index in [1.54, 1.807) is 12.1 Å². The van der Waals surface area contributed by atoms with Gasteiger partial charge in [-0.3, -0.25) is 14.5 Å². The van der Waals surface area contributed by atoms with Crippen molar-refractivity contribution in [1.82, 2.24) is 9.80 Å². The van der Waals surface area contributed by atoms with E-state index in [1.807, 2.05) is 13.0 Å². The van der Waals surface area contributed by atoms with Gasteiger partial charge in [-0.05, 0) is 61.7 Å². The molecular formula is C22H22ClFN4O3. The summed E-state index contributed by atoms with van der Waals surface area (Å²) in [6.45, 7) is 1.73. The fourth-order valence-corrected chi connectivity index (χ4v) is 3.61. The highest BCUT2D eigenvalue weighted by molar-refractivity contribution is 6.31. The highest BCUT2D eigenvalue weighted by Gasteiger charge is 2.37. The van der Waals surface area contributed by atoms with E-state index in [-0.39, 0.29) is 43.6 Å². The molecular weight excluding hydrogens is 423 g/mol. The summed E-state index contributed by atoms with van der Waals surface area (Å²) in [6, 6.07) is 10.4. The molecule has 2 aromatic carbocycles. The maximum atomic E-state index is 13.2. The van der Waals surface area contributed by atoms with Crippen molar-refractivity contribution in [2.75, 3.05) is 30.0 Å². The molecule has 9 heteroatoms. The van der Waals surface area contributed by atoms with Crippen LogP contribution in [0.25, 0.3) is 0 Å². The first-order chi connectivity index (χ1) is 14.8. The normalized spacial score (nSPS) is 15.9. The van der Waals surface area contributed by atoms with Gasteiger partial charge in [-0.15, -0.1) is 0 Å². The Hall–Kier alpha value is -3.13. The molecule has 2 aliphatic rings. The zero-order valence-electron chi connectivity index (χ0n) is 17.0. The summed E-state index contributed by atoms with van der Waals surface area (Å²) in [5.74, 6) is -0.970. The predicted octanol–water partition coefficient (Wildman–Crippen LogP) is 3.62. The number of nitrogens with zero attached hydrogens (tertiary/aromatic N) is 3. The molecule has 1 heterocycles. The molecule has 0 radical (unpaired) electrons. The van der Waals surface area contributed by atoms with Crippen LogP contribution in [0.5, 0.6) is 0 Å². The molecule has 31 heavy (non-hydrogen) atoms. The number of benzene rings is 2. The molecule has 2 aromatic rings. The Kier molecular flexibility index (Phi) is 5.82. The molecule has 4 rings (SSSR count). The molecule has 7 nitrogen and oxygen atoms in total. The number of amides is 4. The maximum Gasteiger partial charge on any atom is 0.322 e. The third-order valence-electron chi connectivity index (χ3n) is 5.41. The predicted molar refractivity (Wildman–Crippen MR) is 115 cm³/mol. The number of carbonyl (C=O) groups is 3. The SMILES string of the molecule is Cc1ccc(NC(=O)N(CC(=O)N2CC(=O)N(c3ccc(F)cc3)C2)C2CC2)cc1Cl. The Morgan fingerprint density at radius 3 is 2.55 bits per heavy atom. The third-order valence-corrected chi connectivity index (χ3v) is 5.81. The standard InChI is InChI=1S/C22H22ClFN4O3/c1-14-2-5-16(10-19(14)23)25-22(31)27(17-8-9-17)12-20(29)26-11-21(30)28(13-26)18-6-3-15(24)4-7-18/h2-7,10,17H,8-9,11-13H2,1H3,(H,25,31). The van der Waals surface area contributed by atoms with Gasteiger partial charge in [-0.25, -0.2) is 9.18 Å². The molecule has 0 spiro atoms.